The highest BCUT2D eigenvalue weighted by Gasteiger charge is 2.07. The first kappa shape index (κ1) is 13.6. The zero-order chi connectivity index (χ0) is 12.7. The zero-order valence-electron chi connectivity index (χ0n) is 9.48. The third-order valence-corrected chi connectivity index (χ3v) is 2.67. The molecule has 0 spiro atoms. The van der Waals surface area contributed by atoms with Crippen LogP contribution in [0.15, 0.2) is 29.2 Å². The lowest BCUT2D eigenvalue weighted by atomic mass is 10.2. The molecule has 1 aromatic carbocycles. The Hall–Kier alpha value is -1.49. The smallest absolute Gasteiger partial charge is 0.252 e. The van der Waals surface area contributed by atoms with Gasteiger partial charge in [-0.05, 0) is 25.0 Å². The molecule has 17 heavy (non-hydrogen) atoms. The van der Waals surface area contributed by atoms with Crippen LogP contribution in [0.1, 0.15) is 29.6 Å². The highest BCUT2D eigenvalue weighted by Crippen LogP contribution is 2.12. The molecule has 5 heteroatoms. The monoisotopic (exact) mass is 252 g/mol. The highest BCUT2D eigenvalue weighted by molar-refractivity contribution is 7.80. The van der Waals surface area contributed by atoms with Crippen LogP contribution < -0.4 is 11.1 Å². The molecule has 92 valence electrons. The molecule has 0 unspecified atom stereocenters. The maximum absolute atomic E-state index is 11.7. The van der Waals surface area contributed by atoms with E-state index in [9.17, 15) is 9.59 Å². The molecule has 0 aliphatic carbocycles. The minimum Gasteiger partial charge on any atom is -0.370 e. The van der Waals surface area contributed by atoms with E-state index < -0.39 is 0 Å². The van der Waals surface area contributed by atoms with Crippen LogP contribution in [0.2, 0.25) is 0 Å². The molecular weight excluding hydrogens is 236 g/mol. The number of unbranched alkanes of at least 4 members (excludes halogenated alkanes) is 1. The molecule has 4 nitrogen and oxygen atoms in total. The maximum Gasteiger partial charge on any atom is 0.252 e. The van der Waals surface area contributed by atoms with Crippen molar-refractivity contribution in [2.75, 3.05) is 6.54 Å². The first-order valence-corrected chi connectivity index (χ1v) is 5.90. The normalized spacial score (nSPS) is 9.94. The van der Waals surface area contributed by atoms with Crippen LogP contribution in [0, 0.1) is 0 Å². The lowest BCUT2D eigenvalue weighted by Gasteiger charge is -2.06. The third-order valence-electron chi connectivity index (χ3n) is 2.28. The average Bonchev–Trinajstić information content (AvgIpc) is 2.28. The number of benzene rings is 1. The summed E-state index contributed by atoms with van der Waals surface area (Å²) in [5.74, 6) is -0.452. The van der Waals surface area contributed by atoms with Gasteiger partial charge in [0.15, 0.2) is 0 Å². The van der Waals surface area contributed by atoms with Gasteiger partial charge >= 0.3 is 0 Å². The Kier molecular flexibility index (Phi) is 5.56. The van der Waals surface area contributed by atoms with Gasteiger partial charge in [-0.3, -0.25) is 9.59 Å². The number of carbonyl (C=O) groups is 2. The SMILES string of the molecule is NC(=O)CCCCNC(=O)c1ccccc1S. The minimum absolute atomic E-state index is 0.144. The molecule has 0 aliphatic rings. The highest BCUT2D eigenvalue weighted by atomic mass is 32.1. The van der Waals surface area contributed by atoms with Crippen molar-refractivity contribution in [3.05, 3.63) is 29.8 Å². The van der Waals surface area contributed by atoms with Crippen molar-refractivity contribution in [1.82, 2.24) is 5.32 Å². The summed E-state index contributed by atoms with van der Waals surface area (Å²) in [6.45, 7) is 0.536. The Morgan fingerprint density at radius 2 is 1.94 bits per heavy atom. The van der Waals surface area contributed by atoms with Gasteiger partial charge in [-0.25, -0.2) is 0 Å². The topological polar surface area (TPSA) is 72.2 Å². The first-order valence-electron chi connectivity index (χ1n) is 5.45. The second-order valence-electron chi connectivity index (χ2n) is 3.70. The number of hydrogen-bond acceptors (Lipinski definition) is 3. The van der Waals surface area contributed by atoms with Gasteiger partial charge in [-0.2, -0.15) is 0 Å². The third kappa shape index (κ3) is 4.91. The van der Waals surface area contributed by atoms with E-state index in [1.165, 1.54) is 0 Å². The van der Waals surface area contributed by atoms with Gasteiger partial charge in [0.2, 0.25) is 5.91 Å². The van der Waals surface area contributed by atoms with Crippen LogP contribution in [-0.4, -0.2) is 18.4 Å². The quantitative estimate of drug-likeness (QED) is 0.528. The molecule has 0 radical (unpaired) electrons. The number of nitrogens with two attached hydrogens (primary N) is 1. The van der Waals surface area contributed by atoms with Crippen LogP contribution in [0.5, 0.6) is 0 Å². The summed E-state index contributed by atoms with van der Waals surface area (Å²) in [7, 11) is 0. The fourth-order valence-electron chi connectivity index (χ4n) is 1.39. The number of hydrogen-bond donors (Lipinski definition) is 3. The number of rotatable bonds is 6. The van der Waals surface area contributed by atoms with Gasteiger partial charge in [0.1, 0.15) is 0 Å². The molecule has 0 aromatic heterocycles. The van der Waals surface area contributed by atoms with Crippen LogP contribution in [0.25, 0.3) is 0 Å². The summed E-state index contributed by atoms with van der Waals surface area (Å²) in [4.78, 5) is 22.9. The van der Waals surface area contributed by atoms with Crippen LogP contribution in [0.3, 0.4) is 0 Å². The summed E-state index contributed by atoms with van der Waals surface area (Å²) in [5, 5.41) is 2.77. The zero-order valence-corrected chi connectivity index (χ0v) is 10.4. The summed E-state index contributed by atoms with van der Waals surface area (Å²) in [6.07, 6.45) is 1.79. The van der Waals surface area contributed by atoms with E-state index >= 15 is 0 Å². The van der Waals surface area contributed by atoms with E-state index in [0.29, 0.717) is 29.8 Å². The summed E-state index contributed by atoms with van der Waals surface area (Å²) >= 11 is 4.21. The molecule has 0 saturated carbocycles. The number of amides is 2. The Morgan fingerprint density at radius 3 is 2.59 bits per heavy atom. The van der Waals surface area contributed by atoms with Crippen molar-refractivity contribution in [2.24, 2.45) is 5.73 Å². The molecule has 0 atom stereocenters. The number of nitrogens with one attached hydrogen (secondary N) is 1. The summed E-state index contributed by atoms with van der Waals surface area (Å²) < 4.78 is 0. The number of carbonyl (C=O) groups excluding carboxylic acids is 2. The second kappa shape index (κ2) is 6.96. The van der Waals surface area contributed by atoms with E-state index in [1.54, 1.807) is 18.2 Å². The molecule has 1 aromatic rings. The molecular formula is C12H16N2O2S. The van der Waals surface area contributed by atoms with E-state index in [1.807, 2.05) is 6.07 Å². The second-order valence-corrected chi connectivity index (χ2v) is 4.18. The van der Waals surface area contributed by atoms with E-state index in [-0.39, 0.29) is 11.8 Å². The summed E-state index contributed by atoms with van der Waals surface area (Å²) in [5.41, 5.74) is 5.57. The maximum atomic E-state index is 11.7. The van der Waals surface area contributed by atoms with Crippen molar-refractivity contribution in [3.63, 3.8) is 0 Å². The van der Waals surface area contributed by atoms with Crippen molar-refractivity contribution >= 4 is 24.4 Å². The summed E-state index contributed by atoms with van der Waals surface area (Å²) in [6, 6.07) is 7.11. The predicted molar refractivity (Wildman–Crippen MR) is 69.1 cm³/mol. The molecule has 0 aliphatic heterocycles. The van der Waals surface area contributed by atoms with Crippen molar-refractivity contribution in [2.45, 2.75) is 24.2 Å². The Balaban J connectivity index is 2.31. The van der Waals surface area contributed by atoms with Gasteiger partial charge in [-0.15, -0.1) is 12.6 Å². The fraction of sp³-hybridized carbons (Fsp3) is 0.333. The van der Waals surface area contributed by atoms with Gasteiger partial charge in [-0.1, -0.05) is 12.1 Å². The van der Waals surface area contributed by atoms with Crippen LogP contribution in [0.4, 0.5) is 0 Å². The van der Waals surface area contributed by atoms with Gasteiger partial charge in [0.05, 0.1) is 5.56 Å². The number of thiol groups is 1. The van der Waals surface area contributed by atoms with Gasteiger partial charge in [0.25, 0.3) is 5.91 Å². The van der Waals surface area contributed by atoms with E-state index in [2.05, 4.69) is 17.9 Å². The minimum atomic E-state index is -0.308. The lowest BCUT2D eigenvalue weighted by Crippen LogP contribution is -2.25. The fourth-order valence-corrected chi connectivity index (χ4v) is 1.65. The Morgan fingerprint density at radius 1 is 1.24 bits per heavy atom. The molecule has 0 fully saturated rings. The van der Waals surface area contributed by atoms with Crippen molar-refractivity contribution in [3.8, 4) is 0 Å². The van der Waals surface area contributed by atoms with Crippen molar-refractivity contribution < 1.29 is 9.59 Å². The van der Waals surface area contributed by atoms with E-state index in [4.69, 9.17) is 5.73 Å². The molecule has 1 rings (SSSR count). The predicted octanol–water partition coefficient (Wildman–Crippen LogP) is 1.36. The largest absolute Gasteiger partial charge is 0.370 e. The van der Waals surface area contributed by atoms with Gasteiger partial charge < -0.3 is 11.1 Å². The standard InChI is InChI=1S/C12H16N2O2S/c13-11(15)7-3-4-8-14-12(16)9-5-1-2-6-10(9)17/h1-2,5-6,17H,3-4,7-8H2,(H2,13,15)(H,14,16). The van der Waals surface area contributed by atoms with Gasteiger partial charge in [0, 0.05) is 17.9 Å². The Bertz CT molecular complexity index is 407. The van der Waals surface area contributed by atoms with Crippen molar-refractivity contribution in [1.29, 1.82) is 0 Å². The first-order chi connectivity index (χ1) is 8.11. The number of primary amides is 1. The Labute approximate surface area is 106 Å². The lowest BCUT2D eigenvalue weighted by molar-refractivity contribution is -0.118. The molecule has 0 heterocycles. The molecule has 2 amide bonds. The molecule has 0 bridgehead atoms. The van der Waals surface area contributed by atoms with Crippen LogP contribution in [-0.2, 0) is 4.79 Å². The van der Waals surface area contributed by atoms with Crippen LogP contribution >= 0.6 is 12.6 Å². The molecule has 0 saturated heterocycles. The van der Waals surface area contributed by atoms with E-state index in [0.717, 1.165) is 6.42 Å². The average molecular weight is 252 g/mol. The molecule has 3 N–H and O–H groups in total.